The molecule has 0 radical (unpaired) electrons. The molecule has 2 fully saturated rings. The number of rotatable bonds is 5. The van der Waals surface area contributed by atoms with Crippen molar-refractivity contribution in [3.8, 4) is 0 Å². The van der Waals surface area contributed by atoms with Gasteiger partial charge in [-0.1, -0.05) is 50.8 Å². The largest absolute Gasteiger partial charge is 0.344 e. The molecule has 0 unspecified atom stereocenters. The summed E-state index contributed by atoms with van der Waals surface area (Å²) < 4.78 is 1.27. The van der Waals surface area contributed by atoms with Gasteiger partial charge in [0.1, 0.15) is 5.54 Å². The van der Waals surface area contributed by atoms with Gasteiger partial charge in [-0.3, -0.25) is 19.8 Å². The van der Waals surface area contributed by atoms with Crippen LogP contribution in [0.25, 0.3) is 10.8 Å². The molecule has 2 aromatic rings. The molecule has 0 atom stereocenters. The number of hydrazine groups is 1. The number of imide groups is 1. The fourth-order valence-corrected chi connectivity index (χ4v) is 4.23. The quantitative estimate of drug-likeness (QED) is 0.732. The predicted octanol–water partition coefficient (Wildman–Crippen LogP) is 2.10. The molecule has 158 valence electrons. The molecule has 1 aromatic carbocycles. The Morgan fingerprint density at radius 3 is 2.53 bits per heavy atom. The summed E-state index contributed by atoms with van der Waals surface area (Å²) in [6.07, 6.45) is 5.45. The van der Waals surface area contributed by atoms with Crippen molar-refractivity contribution in [2.45, 2.75) is 64.0 Å². The van der Waals surface area contributed by atoms with Gasteiger partial charge < -0.3 is 5.32 Å². The van der Waals surface area contributed by atoms with Crippen LogP contribution in [0.1, 0.15) is 62.4 Å². The maximum absolute atomic E-state index is 13.1. The lowest BCUT2D eigenvalue weighted by Gasteiger charge is -2.30. The summed E-state index contributed by atoms with van der Waals surface area (Å²) in [5, 5.41) is 8.52. The number of urea groups is 1. The van der Waals surface area contributed by atoms with Crippen molar-refractivity contribution in [1.29, 1.82) is 0 Å². The van der Waals surface area contributed by atoms with Gasteiger partial charge >= 0.3 is 6.03 Å². The van der Waals surface area contributed by atoms with Gasteiger partial charge in [0.25, 0.3) is 17.4 Å². The van der Waals surface area contributed by atoms with E-state index in [0.29, 0.717) is 30.2 Å². The van der Waals surface area contributed by atoms with E-state index in [0.717, 1.165) is 37.1 Å². The second-order valence-electron chi connectivity index (χ2n) is 7.93. The van der Waals surface area contributed by atoms with Crippen LogP contribution in [0.15, 0.2) is 29.1 Å². The molecule has 2 aliphatic rings. The van der Waals surface area contributed by atoms with Crippen LogP contribution in [0.4, 0.5) is 4.79 Å². The van der Waals surface area contributed by atoms with Crippen molar-refractivity contribution in [3.05, 3.63) is 40.3 Å². The van der Waals surface area contributed by atoms with Crippen LogP contribution in [-0.2, 0) is 11.3 Å². The molecule has 30 heavy (non-hydrogen) atoms. The Balaban J connectivity index is 1.66. The van der Waals surface area contributed by atoms with E-state index >= 15 is 0 Å². The van der Waals surface area contributed by atoms with Gasteiger partial charge in [-0.25, -0.2) is 9.48 Å². The molecular formula is C21H25N5O4. The van der Waals surface area contributed by atoms with Crippen LogP contribution >= 0.6 is 0 Å². The molecular weight excluding hydrogens is 386 g/mol. The summed E-state index contributed by atoms with van der Waals surface area (Å²) in [7, 11) is 0. The second-order valence-corrected chi connectivity index (χ2v) is 7.93. The molecule has 1 aromatic heterocycles. The van der Waals surface area contributed by atoms with Gasteiger partial charge in [-0.2, -0.15) is 10.1 Å². The highest BCUT2D eigenvalue weighted by Gasteiger charge is 2.52. The van der Waals surface area contributed by atoms with Gasteiger partial charge in [0.2, 0.25) is 0 Å². The molecule has 4 rings (SSSR count). The predicted molar refractivity (Wildman–Crippen MR) is 110 cm³/mol. The highest BCUT2D eigenvalue weighted by Crippen LogP contribution is 2.33. The molecule has 0 bridgehead atoms. The number of aryl methyl sites for hydroxylation is 1. The number of hydrogen-bond acceptors (Lipinski definition) is 5. The highest BCUT2D eigenvalue weighted by atomic mass is 16.2. The summed E-state index contributed by atoms with van der Waals surface area (Å²) in [5.41, 5.74) is 1.22. The molecule has 1 aliphatic carbocycles. The average Bonchev–Trinajstić information content (AvgIpc) is 2.97. The van der Waals surface area contributed by atoms with Crippen LogP contribution in [-0.4, -0.2) is 38.2 Å². The Labute approximate surface area is 173 Å². The van der Waals surface area contributed by atoms with Crippen molar-refractivity contribution in [2.75, 3.05) is 0 Å². The molecule has 2 N–H and O–H groups in total. The third-order valence-electron chi connectivity index (χ3n) is 5.89. The summed E-state index contributed by atoms with van der Waals surface area (Å²) >= 11 is 0. The van der Waals surface area contributed by atoms with Gasteiger partial charge in [0, 0.05) is 11.9 Å². The topological polar surface area (TPSA) is 113 Å². The fourth-order valence-electron chi connectivity index (χ4n) is 4.23. The zero-order chi connectivity index (χ0) is 21.3. The number of unbranched alkanes of at least 4 members (excludes halogenated alkanes) is 1. The number of fused-ring (bicyclic) bond motifs is 1. The SMILES string of the molecule is CCCCn1nc(C(=O)NN2C(=O)NC3(CCCCC3)C2=O)c2ccccc2c1=O. The molecule has 1 saturated carbocycles. The van der Waals surface area contributed by atoms with E-state index in [1.54, 1.807) is 24.3 Å². The Hall–Kier alpha value is -3.23. The standard InChI is InChI=1S/C21H25N5O4/c1-2-3-13-25-18(28)15-10-6-5-9-14(15)16(23-25)17(27)24-26-19(29)21(22-20(26)30)11-7-4-8-12-21/h5-6,9-10H,2-4,7-8,11-13H2,1H3,(H,22,30)(H,24,27). The minimum absolute atomic E-state index is 0.00602. The molecule has 9 heteroatoms. The van der Waals surface area contributed by atoms with Gasteiger partial charge in [-0.05, 0) is 25.3 Å². The van der Waals surface area contributed by atoms with Gasteiger partial charge in [-0.15, -0.1) is 0 Å². The Morgan fingerprint density at radius 2 is 1.83 bits per heavy atom. The van der Waals surface area contributed by atoms with E-state index in [-0.39, 0.29) is 11.3 Å². The number of nitrogens with one attached hydrogen (secondary N) is 2. The lowest BCUT2D eigenvalue weighted by atomic mass is 9.82. The Morgan fingerprint density at radius 1 is 1.13 bits per heavy atom. The number of benzene rings is 1. The van der Waals surface area contributed by atoms with E-state index in [4.69, 9.17) is 0 Å². The average molecular weight is 411 g/mol. The number of nitrogens with zero attached hydrogens (tertiary/aromatic N) is 3. The van der Waals surface area contributed by atoms with Crippen molar-refractivity contribution in [2.24, 2.45) is 0 Å². The zero-order valence-corrected chi connectivity index (χ0v) is 16.9. The summed E-state index contributed by atoms with van der Waals surface area (Å²) in [6.45, 7) is 2.38. The Bertz CT molecular complexity index is 1070. The van der Waals surface area contributed by atoms with Crippen LogP contribution in [0.5, 0.6) is 0 Å². The van der Waals surface area contributed by atoms with E-state index < -0.39 is 23.4 Å². The summed E-state index contributed by atoms with van der Waals surface area (Å²) in [4.78, 5) is 51.1. The van der Waals surface area contributed by atoms with Crippen molar-refractivity contribution in [1.82, 2.24) is 25.5 Å². The minimum Gasteiger partial charge on any atom is -0.322 e. The molecule has 9 nitrogen and oxygen atoms in total. The minimum atomic E-state index is -0.933. The van der Waals surface area contributed by atoms with E-state index in [2.05, 4.69) is 15.8 Å². The van der Waals surface area contributed by atoms with E-state index in [9.17, 15) is 19.2 Å². The highest BCUT2D eigenvalue weighted by molar-refractivity contribution is 6.11. The zero-order valence-electron chi connectivity index (χ0n) is 16.9. The van der Waals surface area contributed by atoms with Gasteiger partial charge in [0.05, 0.1) is 5.39 Å². The molecule has 2 heterocycles. The normalized spacial score (nSPS) is 18.1. The Kier molecular flexibility index (Phi) is 5.27. The first-order valence-corrected chi connectivity index (χ1v) is 10.4. The van der Waals surface area contributed by atoms with Crippen molar-refractivity contribution in [3.63, 3.8) is 0 Å². The molecule has 4 amide bonds. The van der Waals surface area contributed by atoms with Crippen LogP contribution in [0.3, 0.4) is 0 Å². The fraction of sp³-hybridized carbons (Fsp3) is 0.476. The first-order valence-electron chi connectivity index (χ1n) is 10.4. The second kappa shape index (κ2) is 7.89. The number of carbonyl (C=O) groups is 3. The number of hydrogen-bond donors (Lipinski definition) is 2. The maximum Gasteiger partial charge on any atom is 0.344 e. The van der Waals surface area contributed by atoms with Crippen LogP contribution in [0.2, 0.25) is 0 Å². The summed E-state index contributed by atoms with van der Waals surface area (Å²) in [6, 6.07) is 6.07. The van der Waals surface area contributed by atoms with Crippen LogP contribution < -0.4 is 16.3 Å². The number of carbonyl (C=O) groups excluding carboxylic acids is 3. The third kappa shape index (κ3) is 3.34. The monoisotopic (exact) mass is 411 g/mol. The molecule has 1 saturated heterocycles. The van der Waals surface area contributed by atoms with E-state index in [1.807, 2.05) is 6.92 Å². The molecule has 1 aliphatic heterocycles. The smallest absolute Gasteiger partial charge is 0.322 e. The number of amides is 4. The third-order valence-corrected chi connectivity index (χ3v) is 5.89. The van der Waals surface area contributed by atoms with E-state index in [1.165, 1.54) is 4.68 Å². The lowest BCUT2D eigenvalue weighted by Crippen LogP contribution is -2.51. The van der Waals surface area contributed by atoms with Crippen molar-refractivity contribution >= 4 is 28.6 Å². The maximum atomic E-state index is 13.1. The number of aromatic nitrogens is 2. The van der Waals surface area contributed by atoms with Gasteiger partial charge in [0.15, 0.2) is 5.69 Å². The lowest BCUT2D eigenvalue weighted by molar-refractivity contribution is -0.134. The van der Waals surface area contributed by atoms with Crippen molar-refractivity contribution < 1.29 is 14.4 Å². The molecule has 1 spiro atoms. The first-order chi connectivity index (χ1) is 14.5. The first kappa shape index (κ1) is 20.1. The van der Waals surface area contributed by atoms with Crippen LogP contribution in [0, 0.1) is 0 Å². The summed E-state index contributed by atoms with van der Waals surface area (Å²) in [5.74, 6) is -1.14.